The summed E-state index contributed by atoms with van der Waals surface area (Å²) in [4.78, 5) is 37.5. The molecule has 3 N–H and O–H groups in total. The number of rotatable bonds is 6. The molecule has 0 radical (unpaired) electrons. The maximum absolute atomic E-state index is 11.7. The number of nitrogens with one attached hydrogen (secondary N) is 2. The van der Waals surface area contributed by atoms with E-state index < -0.39 is 11.9 Å². The van der Waals surface area contributed by atoms with Crippen LogP contribution in [0.1, 0.15) is 41.2 Å². The molecule has 0 unspecified atom stereocenters. The Morgan fingerprint density at radius 3 is 2.50 bits per heavy atom. The molecule has 0 aliphatic rings. The average Bonchev–Trinajstić information content (AvgIpc) is 2.37. The molecule has 1 aromatic rings. The summed E-state index contributed by atoms with van der Waals surface area (Å²) in [6, 6.07) is 4.20. The monoisotopic (exact) mass is 279 g/mol. The van der Waals surface area contributed by atoms with E-state index in [1.807, 2.05) is 13.8 Å². The van der Waals surface area contributed by atoms with Gasteiger partial charge in [0.25, 0.3) is 5.91 Å². The van der Waals surface area contributed by atoms with Crippen molar-refractivity contribution in [3.8, 4) is 0 Å². The molecule has 0 spiro atoms. The highest BCUT2D eigenvalue weighted by atomic mass is 16.4. The van der Waals surface area contributed by atoms with Crippen LogP contribution >= 0.6 is 0 Å². The first-order chi connectivity index (χ1) is 9.40. The molecule has 7 nitrogen and oxygen atoms in total. The van der Waals surface area contributed by atoms with Gasteiger partial charge in [-0.3, -0.25) is 9.59 Å². The van der Waals surface area contributed by atoms with Gasteiger partial charge in [-0.2, -0.15) is 0 Å². The number of carboxylic acid groups (broad SMARTS) is 1. The Morgan fingerprint density at radius 1 is 1.25 bits per heavy atom. The largest absolute Gasteiger partial charge is 0.477 e. The summed E-state index contributed by atoms with van der Waals surface area (Å²) in [5.41, 5.74) is -0.190. The number of hydrogen-bond donors (Lipinski definition) is 3. The van der Waals surface area contributed by atoms with Gasteiger partial charge >= 0.3 is 5.97 Å². The van der Waals surface area contributed by atoms with Crippen LogP contribution in [0.25, 0.3) is 0 Å². The SMILES string of the molecule is CC(C)NC(=O)CCNC(=O)c1cccc(C(=O)O)n1. The minimum atomic E-state index is -1.20. The van der Waals surface area contributed by atoms with E-state index in [0.717, 1.165) is 0 Å². The quantitative estimate of drug-likeness (QED) is 0.699. The molecule has 0 saturated heterocycles. The maximum Gasteiger partial charge on any atom is 0.354 e. The van der Waals surface area contributed by atoms with Crippen LogP contribution in [-0.2, 0) is 4.79 Å². The van der Waals surface area contributed by atoms with Gasteiger partial charge in [0.15, 0.2) is 0 Å². The van der Waals surface area contributed by atoms with Gasteiger partial charge in [0, 0.05) is 19.0 Å². The van der Waals surface area contributed by atoms with Gasteiger partial charge in [0.1, 0.15) is 11.4 Å². The molecule has 0 bridgehead atoms. The number of nitrogens with zero attached hydrogens (tertiary/aromatic N) is 1. The summed E-state index contributed by atoms with van der Waals surface area (Å²) in [5.74, 6) is -1.87. The van der Waals surface area contributed by atoms with E-state index in [1.54, 1.807) is 0 Å². The zero-order valence-corrected chi connectivity index (χ0v) is 11.3. The normalized spacial score (nSPS) is 10.2. The molecule has 0 saturated carbocycles. The predicted octanol–water partition coefficient (Wildman–Crippen LogP) is 0.424. The molecule has 0 fully saturated rings. The predicted molar refractivity (Wildman–Crippen MR) is 71.4 cm³/mol. The summed E-state index contributed by atoms with van der Waals surface area (Å²) in [7, 11) is 0. The lowest BCUT2D eigenvalue weighted by Gasteiger charge is -2.08. The van der Waals surface area contributed by atoms with Crippen molar-refractivity contribution in [1.82, 2.24) is 15.6 Å². The highest BCUT2D eigenvalue weighted by Gasteiger charge is 2.11. The molecule has 1 rings (SSSR count). The highest BCUT2D eigenvalue weighted by molar-refractivity contribution is 5.94. The Labute approximate surface area is 116 Å². The molecule has 0 aliphatic heterocycles. The standard InChI is InChI=1S/C13H17N3O4/c1-8(2)15-11(17)6-7-14-12(18)9-4-3-5-10(16-9)13(19)20/h3-5,8H,6-7H2,1-2H3,(H,14,18)(H,15,17)(H,19,20). The summed E-state index contributed by atoms with van der Waals surface area (Å²) < 4.78 is 0. The number of aromatic nitrogens is 1. The minimum absolute atomic E-state index is 0.00849. The van der Waals surface area contributed by atoms with Crippen LogP contribution in [0.15, 0.2) is 18.2 Å². The third kappa shape index (κ3) is 5.05. The molecule has 1 aromatic heterocycles. The first-order valence-corrected chi connectivity index (χ1v) is 6.18. The zero-order valence-electron chi connectivity index (χ0n) is 11.3. The molecule has 7 heteroatoms. The van der Waals surface area contributed by atoms with Gasteiger partial charge in [0.05, 0.1) is 0 Å². The Morgan fingerprint density at radius 2 is 1.90 bits per heavy atom. The van der Waals surface area contributed by atoms with Crippen molar-refractivity contribution in [1.29, 1.82) is 0 Å². The Kier molecular flexibility index (Phi) is 5.64. The van der Waals surface area contributed by atoms with Gasteiger partial charge in [0.2, 0.25) is 5.91 Å². The summed E-state index contributed by atoms with van der Waals surface area (Å²) >= 11 is 0. The van der Waals surface area contributed by atoms with Crippen LogP contribution in [0.5, 0.6) is 0 Å². The Bertz CT molecular complexity index is 514. The van der Waals surface area contributed by atoms with Gasteiger partial charge in [-0.25, -0.2) is 9.78 Å². The van der Waals surface area contributed by atoms with Crippen LogP contribution < -0.4 is 10.6 Å². The van der Waals surface area contributed by atoms with Crippen molar-refractivity contribution in [2.75, 3.05) is 6.54 Å². The number of carbonyl (C=O) groups is 3. The first kappa shape index (κ1) is 15.6. The zero-order chi connectivity index (χ0) is 15.1. The van der Waals surface area contributed by atoms with E-state index in [9.17, 15) is 14.4 Å². The first-order valence-electron chi connectivity index (χ1n) is 6.18. The lowest BCUT2D eigenvalue weighted by Crippen LogP contribution is -2.34. The Hall–Kier alpha value is -2.44. The van der Waals surface area contributed by atoms with E-state index in [-0.39, 0.29) is 36.3 Å². The van der Waals surface area contributed by atoms with Gasteiger partial charge in [-0.1, -0.05) is 6.07 Å². The van der Waals surface area contributed by atoms with Crippen LogP contribution in [0.4, 0.5) is 0 Å². The Balaban J connectivity index is 2.49. The number of carboxylic acids is 1. The molecule has 20 heavy (non-hydrogen) atoms. The summed E-state index contributed by atoms with van der Waals surface area (Å²) in [6.07, 6.45) is 0.155. The summed E-state index contributed by atoms with van der Waals surface area (Å²) in [5, 5.41) is 14.0. The number of amides is 2. The number of pyridine rings is 1. The van der Waals surface area contributed by atoms with Crippen molar-refractivity contribution >= 4 is 17.8 Å². The lowest BCUT2D eigenvalue weighted by atomic mass is 10.3. The van der Waals surface area contributed by atoms with E-state index in [4.69, 9.17) is 5.11 Å². The molecule has 0 aromatic carbocycles. The second-order valence-electron chi connectivity index (χ2n) is 4.44. The smallest absolute Gasteiger partial charge is 0.354 e. The van der Waals surface area contributed by atoms with Crippen molar-refractivity contribution in [2.45, 2.75) is 26.3 Å². The summed E-state index contributed by atoms with van der Waals surface area (Å²) in [6.45, 7) is 3.85. The van der Waals surface area contributed by atoms with Crippen molar-refractivity contribution in [3.05, 3.63) is 29.6 Å². The molecule has 1 heterocycles. The topological polar surface area (TPSA) is 108 Å². The average molecular weight is 279 g/mol. The van der Waals surface area contributed by atoms with E-state index in [1.165, 1.54) is 18.2 Å². The number of hydrogen-bond acceptors (Lipinski definition) is 4. The fourth-order valence-corrected chi connectivity index (χ4v) is 1.45. The number of carbonyl (C=O) groups excluding carboxylic acids is 2. The minimum Gasteiger partial charge on any atom is -0.477 e. The second-order valence-corrected chi connectivity index (χ2v) is 4.44. The third-order valence-electron chi connectivity index (χ3n) is 2.29. The van der Waals surface area contributed by atoms with Crippen LogP contribution in [-0.4, -0.2) is 40.5 Å². The van der Waals surface area contributed by atoms with E-state index >= 15 is 0 Å². The molecule has 108 valence electrons. The second kappa shape index (κ2) is 7.22. The molecular weight excluding hydrogens is 262 g/mol. The molecule has 0 atom stereocenters. The highest BCUT2D eigenvalue weighted by Crippen LogP contribution is 1.99. The van der Waals surface area contributed by atoms with E-state index in [0.29, 0.717) is 0 Å². The van der Waals surface area contributed by atoms with Crippen LogP contribution in [0.2, 0.25) is 0 Å². The molecular formula is C13H17N3O4. The number of aromatic carboxylic acids is 1. The van der Waals surface area contributed by atoms with Crippen molar-refractivity contribution in [2.24, 2.45) is 0 Å². The van der Waals surface area contributed by atoms with Gasteiger partial charge in [-0.05, 0) is 26.0 Å². The van der Waals surface area contributed by atoms with Gasteiger partial charge < -0.3 is 15.7 Å². The van der Waals surface area contributed by atoms with Crippen LogP contribution in [0, 0.1) is 0 Å². The van der Waals surface area contributed by atoms with Crippen LogP contribution in [0.3, 0.4) is 0 Å². The third-order valence-corrected chi connectivity index (χ3v) is 2.29. The molecule has 2 amide bonds. The fourth-order valence-electron chi connectivity index (χ4n) is 1.45. The van der Waals surface area contributed by atoms with E-state index in [2.05, 4.69) is 15.6 Å². The molecule has 0 aliphatic carbocycles. The van der Waals surface area contributed by atoms with Crippen molar-refractivity contribution < 1.29 is 19.5 Å². The fraction of sp³-hybridized carbons (Fsp3) is 0.385. The maximum atomic E-state index is 11.7. The van der Waals surface area contributed by atoms with Crippen molar-refractivity contribution in [3.63, 3.8) is 0 Å². The van der Waals surface area contributed by atoms with Gasteiger partial charge in [-0.15, -0.1) is 0 Å². The lowest BCUT2D eigenvalue weighted by molar-refractivity contribution is -0.121.